The van der Waals surface area contributed by atoms with Crippen LogP contribution in [0.15, 0.2) is 53.8 Å². The lowest BCUT2D eigenvalue weighted by molar-refractivity contribution is 0.617. The third kappa shape index (κ3) is 4.44. The summed E-state index contributed by atoms with van der Waals surface area (Å²) < 4.78 is 13.3. The number of aryl methyl sites for hydroxylation is 1. The van der Waals surface area contributed by atoms with Crippen molar-refractivity contribution < 1.29 is 4.39 Å². The summed E-state index contributed by atoms with van der Waals surface area (Å²) in [5.74, 6) is 1.22. The van der Waals surface area contributed by atoms with Crippen molar-refractivity contribution in [2.24, 2.45) is 4.99 Å². The summed E-state index contributed by atoms with van der Waals surface area (Å²) in [6.07, 6.45) is 1.49. The van der Waals surface area contributed by atoms with Crippen molar-refractivity contribution in [1.82, 2.24) is 25.8 Å². The maximum atomic E-state index is 13.3. The summed E-state index contributed by atoms with van der Waals surface area (Å²) in [6, 6.07) is 13.1. The van der Waals surface area contributed by atoms with Crippen LogP contribution in [0.3, 0.4) is 0 Å². The second-order valence-corrected chi connectivity index (χ2v) is 5.90. The topological polar surface area (TPSA) is 78.0 Å². The molecule has 1 aromatic heterocycles. The Kier molecular flexibility index (Phi) is 5.58. The molecule has 3 rings (SSSR count). The lowest BCUT2D eigenvalue weighted by Gasteiger charge is -2.13. The molecule has 0 aliphatic carbocycles. The lowest BCUT2D eigenvalue weighted by atomic mass is 10.1. The second-order valence-electron chi connectivity index (χ2n) is 5.90. The van der Waals surface area contributed by atoms with Crippen molar-refractivity contribution in [3.63, 3.8) is 0 Å². The molecular weight excluding hydrogens is 331 g/mol. The number of halogens is 1. The Morgan fingerprint density at radius 2 is 1.88 bits per heavy atom. The predicted octanol–water partition coefficient (Wildman–Crippen LogP) is 2.78. The van der Waals surface area contributed by atoms with Crippen molar-refractivity contribution in [2.75, 3.05) is 7.05 Å². The van der Waals surface area contributed by atoms with E-state index >= 15 is 0 Å². The molecule has 0 saturated heterocycles. The maximum Gasteiger partial charge on any atom is 0.191 e. The predicted molar refractivity (Wildman–Crippen MR) is 100.0 cm³/mol. The van der Waals surface area contributed by atoms with Gasteiger partial charge in [-0.15, -0.1) is 0 Å². The molecule has 0 bridgehead atoms. The van der Waals surface area contributed by atoms with Gasteiger partial charge >= 0.3 is 0 Å². The van der Waals surface area contributed by atoms with E-state index in [-0.39, 0.29) is 5.82 Å². The summed E-state index contributed by atoms with van der Waals surface area (Å²) in [4.78, 5) is 8.39. The third-order valence-corrected chi connectivity index (χ3v) is 3.98. The minimum atomic E-state index is -0.192. The van der Waals surface area contributed by atoms with Crippen molar-refractivity contribution in [3.05, 3.63) is 71.3 Å². The van der Waals surface area contributed by atoms with Crippen LogP contribution >= 0.6 is 0 Å². The summed E-state index contributed by atoms with van der Waals surface area (Å²) in [5.41, 5.74) is 3.71. The van der Waals surface area contributed by atoms with E-state index < -0.39 is 0 Å². The largest absolute Gasteiger partial charge is 0.352 e. The Morgan fingerprint density at radius 1 is 1.12 bits per heavy atom. The van der Waals surface area contributed by atoms with Gasteiger partial charge in [-0.2, -0.15) is 5.10 Å². The van der Waals surface area contributed by atoms with Gasteiger partial charge in [-0.05, 0) is 35.7 Å². The number of benzene rings is 2. The molecule has 3 aromatic rings. The minimum absolute atomic E-state index is 0.192. The zero-order valence-electron chi connectivity index (χ0n) is 14.8. The molecule has 134 valence electrons. The number of rotatable bonds is 5. The number of aromatic amines is 1. The Balaban J connectivity index is 1.57. The Bertz CT molecular complexity index is 889. The third-order valence-electron chi connectivity index (χ3n) is 3.98. The highest BCUT2D eigenvalue weighted by Gasteiger charge is 2.04. The molecule has 7 heteroatoms. The van der Waals surface area contributed by atoms with E-state index in [4.69, 9.17) is 0 Å². The molecule has 0 fully saturated rings. The standard InChI is InChI=1S/C19H21FN6/c1-13-8-15(6-7-17(13)20)11-23-19(21-2)22-10-14-4-3-5-16(9-14)18-24-12-25-26-18/h3-9,12H,10-11H2,1-2H3,(H2,21,22,23)(H,24,25,26). The van der Waals surface area contributed by atoms with Gasteiger partial charge in [-0.3, -0.25) is 10.1 Å². The fraction of sp³-hybridized carbons (Fsp3) is 0.211. The number of aliphatic imine (C=N–C) groups is 1. The van der Waals surface area contributed by atoms with Crippen LogP contribution < -0.4 is 10.6 Å². The normalized spacial score (nSPS) is 11.4. The van der Waals surface area contributed by atoms with Crippen LogP contribution in [0.2, 0.25) is 0 Å². The van der Waals surface area contributed by atoms with Gasteiger partial charge in [0.2, 0.25) is 0 Å². The van der Waals surface area contributed by atoms with Crippen molar-refractivity contribution >= 4 is 5.96 Å². The van der Waals surface area contributed by atoms with Gasteiger partial charge < -0.3 is 10.6 Å². The molecule has 2 aromatic carbocycles. The maximum absolute atomic E-state index is 13.3. The first-order chi connectivity index (χ1) is 12.7. The molecule has 0 aliphatic heterocycles. The first-order valence-corrected chi connectivity index (χ1v) is 8.30. The van der Waals surface area contributed by atoms with E-state index in [2.05, 4.69) is 30.8 Å². The molecule has 0 spiro atoms. The number of nitrogens with zero attached hydrogens (tertiary/aromatic N) is 3. The van der Waals surface area contributed by atoms with E-state index in [1.807, 2.05) is 30.3 Å². The fourth-order valence-corrected chi connectivity index (χ4v) is 2.58. The van der Waals surface area contributed by atoms with Crippen LogP contribution in [0.1, 0.15) is 16.7 Å². The molecule has 0 atom stereocenters. The molecule has 26 heavy (non-hydrogen) atoms. The SMILES string of the molecule is CN=C(NCc1cccc(-c2ncn[nH]2)c1)NCc1ccc(F)c(C)c1. The van der Waals surface area contributed by atoms with Crippen molar-refractivity contribution in [1.29, 1.82) is 0 Å². The number of hydrogen-bond donors (Lipinski definition) is 3. The average molecular weight is 352 g/mol. The highest BCUT2D eigenvalue weighted by atomic mass is 19.1. The van der Waals surface area contributed by atoms with Gasteiger partial charge in [0.05, 0.1) is 0 Å². The Labute approximate surface area is 151 Å². The molecule has 3 N–H and O–H groups in total. The summed E-state index contributed by atoms with van der Waals surface area (Å²) >= 11 is 0. The van der Waals surface area contributed by atoms with Gasteiger partial charge in [0.15, 0.2) is 11.8 Å². The zero-order chi connectivity index (χ0) is 18.4. The van der Waals surface area contributed by atoms with Crippen LogP contribution in [-0.2, 0) is 13.1 Å². The summed E-state index contributed by atoms with van der Waals surface area (Å²) in [6.45, 7) is 2.94. The monoisotopic (exact) mass is 352 g/mol. The molecule has 0 aliphatic rings. The number of hydrogen-bond acceptors (Lipinski definition) is 3. The fourth-order valence-electron chi connectivity index (χ4n) is 2.58. The second kappa shape index (κ2) is 8.24. The molecule has 0 unspecified atom stereocenters. The van der Waals surface area contributed by atoms with E-state index in [0.29, 0.717) is 24.6 Å². The van der Waals surface area contributed by atoms with Gasteiger partial charge in [0.25, 0.3) is 0 Å². The molecule has 6 nitrogen and oxygen atoms in total. The van der Waals surface area contributed by atoms with E-state index in [0.717, 1.165) is 22.5 Å². The van der Waals surface area contributed by atoms with Crippen LogP contribution in [0, 0.1) is 12.7 Å². The van der Waals surface area contributed by atoms with Crippen molar-refractivity contribution in [3.8, 4) is 11.4 Å². The highest BCUT2D eigenvalue weighted by molar-refractivity contribution is 5.79. The Hall–Kier alpha value is -3.22. The van der Waals surface area contributed by atoms with Crippen LogP contribution in [0.4, 0.5) is 4.39 Å². The zero-order valence-corrected chi connectivity index (χ0v) is 14.8. The molecule has 1 heterocycles. The number of nitrogens with one attached hydrogen (secondary N) is 3. The summed E-state index contributed by atoms with van der Waals surface area (Å²) in [7, 11) is 1.72. The van der Waals surface area contributed by atoms with Gasteiger partial charge in [-0.25, -0.2) is 9.37 Å². The van der Waals surface area contributed by atoms with Crippen molar-refractivity contribution in [2.45, 2.75) is 20.0 Å². The molecular formula is C19H21FN6. The van der Waals surface area contributed by atoms with Crippen LogP contribution in [0.25, 0.3) is 11.4 Å². The first kappa shape index (κ1) is 17.6. The molecule has 0 radical (unpaired) electrons. The molecule has 0 amide bonds. The number of guanidine groups is 1. The lowest BCUT2D eigenvalue weighted by Crippen LogP contribution is -2.36. The minimum Gasteiger partial charge on any atom is -0.352 e. The van der Waals surface area contributed by atoms with Gasteiger partial charge in [-0.1, -0.05) is 30.3 Å². The smallest absolute Gasteiger partial charge is 0.191 e. The average Bonchev–Trinajstić information content (AvgIpc) is 3.20. The quantitative estimate of drug-likeness (QED) is 0.487. The van der Waals surface area contributed by atoms with Gasteiger partial charge in [0, 0.05) is 25.7 Å². The number of H-pyrrole nitrogens is 1. The van der Waals surface area contributed by atoms with Crippen LogP contribution in [0.5, 0.6) is 0 Å². The van der Waals surface area contributed by atoms with E-state index in [1.165, 1.54) is 12.4 Å². The van der Waals surface area contributed by atoms with E-state index in [1.54, 1.807) is 20.0 Å². The number of aromatic nitrogens is 3. The van der Waals surface area contributed by atoms with Crippen LogP contribution in [-0.4, -0.2) is 28.2 Å². The van der Waals surface area contributed by atoms with E-state index in [9.17, 15) is 4.39 Å². The molecule has 0 saturated carbocycles. The highest BCUT2D eigenvalue weighted by Crippen LogP contribution is 2.15. The first-order valence-electron chi connectivity index (χ1n) is 8.30. The Morgan fingerprint density at radius 3 is 2.54 bits per heavy atom. The van der Waals surface area contributed by atoms with Gasteiger partial charge in [0.1, 0.15) is 12.1 Å². The summed E-state index contributed by atoms with van der Waals surface area (Å²) in [5, 5.41) is 13.2.